The zero-order valence-electron chi connectivity index (χ0n) is 10.3. The largest absolute Gasteiger partial charge is 0.478 e. The summed E-state index contributed by atoms with van der Waals surface area (Å²) in [6.07, 6.45) is 0. The molecule has 0 spiro atoms. The maximum atomic E-state index is 10.8. The van der Waals surface area contributed by atoms with Crippen molar-refractivity contribution in [2.75, 3.05) is 0 Å². The molecule has 0 radical (unpaired) electrons. The zero-order chi connectivity index (χ0) is 13.1. The summed E-state index contributed by atoms with van der Waals surface area (Å²) in [6.45, 7) is 4.16. The molecule has 0 heterocycles. The number of carbonyl (C=O) groups is 1. The molecule has 3 heteroatoms. The van der Waals surface area contributed by atoms with Gasteiger partial charge in [-0.25, -0.2) is 4.79 Å². The molecule has 0 bridgehead atoms. The van der Waals surface area contributed by atoms with Gasteiger partial charge in [-0.1, -0.05) is 29.5 Å². The van der Waals surface area contributed by atoms with E-state index in [2.05, 4.69) is 32.0 Å². The first-order chi connectivity index (χ1) is 8.56. The molecule has 18 heavy (non-hydrogen) atoms. The standard InChI is InChI=1S/C15H14O2S/c1-10-3-8-14(11(2)9-10)18-13-6-4-12(5-7-13)15(16)17/h3-9H,1-2H3,(H,16,17). The molecule has 2 nitrogen and oxygen atoms in total. The van der Waals surface area contributed by atoms with Gasteiger partial charge in [0.25, 0.3) is 0 Å². The van der Waals surface area contributed by atoms with E-state index in [1.54, 1.807) is 23.9 Å². The Morgan fingerprint density at radius 2 is 1.72 bits per heavy atom. The predicted octanol–water partition coefficient (Wildman–Crippen LogP) is 4.15. The maximum Gasteiger partial charge on any atom is 0.335 e. The molecule has 2 rings (SSSR count). The molecule has 0 unspecified atom stereocenters. The minimum absolute atomic E-state index is 0.319. The van der Waals surface area contributed by atoms with Gasteiger partial charge >= 0.3 is 5.97 Å². The number of rotatable bonds is 3. The quantitative estimate of drug-likeness (QED) is 0.898. The Hall–Kier alpha value is -1.74. The van der Waals surface area contributed by atoms with Gasteiger partial charge in [-0.2, -0.15) is 0 Å². The highest BCUT2D eigenvalue weighted by atomic mass is 32.2. The van der Waals surface area contributed by atoms with E-state index in [9.17, 15) is 4.79 Å². The first kappa shape index (κ1) is 12.7. The molecule has 0 aromatic heterocycles. The van der Waals surface area contributed by atoms with Crippen molar-refractivity contribution < 1.29 is 9.90 Å². The summed E-state index contributed by atoms with van der Waals surface area (Å²) >= 11 is 1.65. The van der Waals surface area contributed by atoms with Crippen LogP contribution in [0.15, 0.2) is 52.3 Å². The third-order valence-corrected chi connectivity index (χ3v) is 3.85. The van der Waals surface area contributed by atoms with Crippen molar-refractivity contribution in [1.82, 2.24) is 0 Å². The average molecular weight is 258 g/mol. The van der Waals surface area contributed by atoms with Crippen molar-refractivity contribution in [2.45, 2.75) is 23.6 Å². The lowest BCUT2D eigenvalue weighted by Gasteiger charge is -2.06. The van der Waals surface area contributed by atoms with E-state index in [-0.39, 0.29) is 0 Å². The summed E-state index contributed by atoms with van der Waals surface area (Å²) in [6, 6.07) is 13.3. The highest BCUT2D eigenvalue weighted by Gasteiger charge is 2.04. The fourth-order valence-corrected chi connectivity index (χ4v) is 2.59. The van der Waals surface area contributed by atoms with Crippen molar-refractivity contribution in [3.8, 4) is 0 Å². The van der Waals surface area contributed by atoms with Crippen molar-refractivity contribution in [3.63, 3.8) is 0 Å². The van der Waals surface area contributed by atoms with E-state index in [0.717, 1.165) is 4.90 Å². The van der Waals surface area contributed by atoms with Gasteiger partial charge in [-0.05, 0) is 49.7 Å². The van der Waals surface area contributed by atoms with Crippen molar-refractivity contribution in [1.29, 1.82) is 0 Å². The van der Waals surface area contributed by atoms with E-state index in [0.29, 0.717) is 5.56 Å². The Kier molecular flexibility index (Phi) is 3.72. The SMILES string of the molecule is Cc1ccc(Sc2ccc(C(=O)O)cc2)c(C)c1. The van der Waals surface area contributed by atoms with Gasteiger partial charge in [0.1, 0.15) is 0 Å². The van der Waals surface area contributed by atoms with Crippen LogP contribution in [0, 0.1) is 13.8 Å². The summed E-state index contributed by atoms with van der Waals surface area (Å²) in [4.78, 5) is 13.0. The van der Waals surface area contributed by atoms with Gasteiger partial charge < -0.3 is 5.11 Å². The molecular weight excluding hydrogens is 244 g/mol. The molecule has 2 aromatic rings. The van der Waals surface area contributed by atoms with Crippen LogP contribution >= 0.6 is 11.8 Å². The minimum atomic E-state index is -0.891. The van der Waals surface area contributed by atoms with Crippen molar-refractivity contribution >= 4 is 17.7 Å². The molecule has 0 amide bonds. The number of carboxylic acids is 1. The Bertz CT molecular complexity index is 574. The number of hydrogen-bond donors (Lipinski definition) is 1. The normalized spacial score (nSPS) is 10.3. The molecule has 0 fully saturated rings. The van der Waals surface area contributed by atoms with Crippen LogP contribution in [0.2, 0.25) is 0 Å². The molecular formula is C15H14O2S. The van der Waals surface area contributed by atoms with E-state index in [1.165, 1.54) is 16.0 Å². The van der Waals surface area contributed by atoms with Gasteiger partial charge in [0.05, 0.1) is 5.56 Å². The Morgan fingerprint density at radius 1 is 1.06 bits per heavy atom. The lowest BCUT2D eigenvalue weighted by molar-refractivity contribution is 0.0697. The molecule has 0 saturated carbocycles. The van der Waals surface area contributed by atoms with Crippen molar-refractivity contribution in [3.05, 3.63) is 59.2 Å². The van der Waals surface area contributed by atoms with Crippen LogP contribution in [-0.2, 0) is 0 Å². The summed E-state index contributed by atoms with van der Waals surface area (Å²) in [5, 5.41) is 8.83. The molecule has 2 aromatic carbocycles. The van der Waals surface area contributed by atoms with Crippen LogP contribution in [0.5, 0.6) is 0 Å². The van der Waals surface area contributed by atoms with Crippen molar-refractivity contribution in [2.24, 2.45) is 0 Å². The van der Waals surface area contributed by atoms with Crippen LogP contribution in [0.3, 0.4) is 0 Å². The second-order valence-electron chi connectivity index (χ2n) is 4.20. The summed E-state index contributed by atoms with van der Waals surface area (Å²) < 4.78 is 0. The number of hydrogen-bond acceptors (Lipinski definition) is 2. The first-order valence-electron chi connectivity index (χ1n) is 5.65. The van der Waals surface area contributed by atoms with E-state index >= 15 is 0 Å². The zero-order valence-corrected chi connectivity index (χ0v) is 11.1. The monoisotopic (exact) mass is 258 g/mol. The van der Waals surface area contributed by atoms with Gasteiger partial charge in [0.15, 0.2) is 0 Å². The number of benzene rings is 2. The second-order valence-corrected chi connectivity index (χ2v) is 5.32. The van der Waals surface area contributed by atoms with Crippen LogP contribution in [0.4, 0.5) is 0 Å². The molecule has 0 aliphatic carbocycles. The van der Waals surface area contributed by atoms with Gasteiger partial charge in [-0.3, -0.25) is 0 Å². The highest BCUT2D eigenvalue weighted by Crippen LogP contribution is 2.30. The minimum Gasteiger partial charge on any atom is -0.478 e. The van der Waals surface area contributed by atoms with Crippen LogP contribution < -0.4 is 0 Å². The van der Waals surface area contributed by atoms with Gasteiger partial charge in [0, 0.05) is 9.79 Å². The smallest absolute Gasteiger partial charge is 0.335 e. The van der Waals surface area contributed by atoms with E-state index < -0.39 is 5.97 Å². The molecule has 0 atom stereocenters. The summed E-state index contributed by atoms with van der Waals surface area (Å²) in [5.74, 6) is -0.891. The maximum absolute atomic E-state index is 10.8. The van der Waals surface area contributed by atoms with Crippen LogP contribution in [-0.4, -0.2) is 11.1 Å². The number of carboxylic acid groups (broad SMARTS) is 1. The Morgan fingerprint density at radius 3 is 2.28 bits per heavy atom. The average Bonchev–Trinajstić information content (AvgIpc) is 2.33. The lowest BCUT2D eigenvalue weighted by Crippen LogP contribution is -1.94. The van der Waals surface area contributed by atoms with Crippen LogP contribution in [0.25, 0.3) is 0 Å². The van der Waals surface area contributed by atoms with E-state index in [1.807, 2.05) is 12.1 Å². The number of aryl methyl sites for hydroxylation is 2. The Balaban J connectivity index is 2.21. The molecule has 0 saturated heterocycles. The topological polar surface area (TPSA) is 37.3 Å². The van der Waals surface area contributed by atoms with Gasteiger partial charge in [0.2, 0.25) is 0 Å². The Labute approximate surface area is 111 Å². The molecule has 0 aliphatic rings. The summed E-state index contributed by atoms with van der Waals surface area (Å²) in [7, 11) is 0. The second kappa shape index (κ2) is 5.27. The predicted molar refractivity (Wildman–Crippen MR) is 73.4 cm³/mol. The molecule has 1 N–H and O–H groups in total. The lowest BCUT2D eigenvalue weighted by atomic mass is 10.2. The number of aromatic carboxylic acids is 1. The highest BCUT2D eigenvalue weighted by molar-refractivity contribution is 7.99. The fourth-order valence-electron chi connectivity index (χ4n) is 1.71. The van der Waals surface area contributed by atoms with Gasteiger partial charge in [-0.15, -0.1) is 0 Å². The van der Waals surface area contributed by atoms with E-state index in [4.69, 9.17) is 5.11 Å². The fraction of sp³-hybridized carbons (Fsp3) is 0.133. The first-order valence-corrected chi connectivity index (χ1v) is 6.46. The van der Waals surface area contributed by atoms with Crippen LogP contribution in [0.1, 0.15) is 21.5 Å². The molecule has 92 valence electrons. The molecule has 0 aliphatic heterocycles. The third-order valence-electron chi connectivity index (χ3n) is 2.66. The third kappa shape index (κ3) is 2.93. The summed E-state index contributed by atoms with van der Waals surface area (Å²) in [5.41, 5.74) is 2.81.